The molecule has 0 fully saturated rings. The van der Waals surface area contributed by atoms with E-state index in [0.29, 0.717) is 27.7 Å². The zero-order valence-corrected chi connectivity index (χ0v) is 13.8. The molecule has 0 unspecified atom stereocenters. The zero-order chi connectivity index (χ0) is 17.6. The van der Waals surface area contributed by atoms with Gasteiger partial charge in [0, 0.05) is 11.2 Å². The van der Waals surface area contributed by atoms with Crippen LogP contribution in [0.25, 0.3) is 0 Å². The molecule has 0 atom stereocenters. The van der Waals surface area contributed by atoms with Crippen LogP contribution in [0.2, 0.25) is 5.02 Å². The summed E-state index contributed by atoms with van der Waals surface area (Å²) in [7, 11) is 0. The molecule has 6 nitrogen and oxygen atoms in total. The van der Waals surface area contributed by atoms with Gasteiger partial charge in [-0.05, 0) is 42.5 Å². The number of hydrogen-bond acceptors (Lipinski definition) is 4. The highest BCUT2D eigenvalue weighted by Crippen LogP contribution is 2.17. The quantitative estimate of drug-likeness (QED) is 0.759. The number of nitrogens with zero attached hydrogens (tertiary/aromatic N) is 3. The van der Waals surface area contributed by atoms with Crippen molar-refractivity contribution in [3.05, 3.63) is 77.1 Å². The molecule has 0 radical (unpaired) electrons. The van der Waals surface area contributed by atoms with Crippen LogP contribution in [0.1, 0.15) is 16.1 Å². The Morgan fingerprint density at radius 1 is 1.20 bits per heavy atom. The van der Waals surface area contributed by atoms with E-state index in [-0.39, 0.29) is 12.6 Å². The Morgan fingerprint density at radius 2 is 1.96 bits per heavy atom. The van der Waals surface area contributed by atoms with Crippen LogP contribution in [0.5, 0.6) is 5.75 Å². The molecule has 0 aliphatic rings. The van der Waals surface area contributed by atoms with E-state index in [1.165, 1.54) is 10.9 Å². The summed E-state index contributed by atoms with van der Waals surface area (Å²) in [4.78, 5) is 12.5. The van der Waals surface area contributed by atoms with Crippen molar-refractivity contribution in [1.29, 1.82) is 5.26 Å². The minimum Gasteiger partial charge on any atom is -0.471 e. The first-order chi connectivity index (χ1) is 12.2. The van der Waals surface area contributed by atoms with Crippen molar-refractivity contribution in [2.45, 2.75) is 6.73 Å². The molecular weight excluding hydrogens is 340 g/mol. The molecule has 1 aromatic heterocycles. The SMILES string of the molecule is N#Cc1ccccc1NC(=O)c1ccnn1COc1ccc(Cl)cc1. The first-order valence-electron chi connectivity index (χ1n) is 7.38. The second-order valence-electron chi connectivity index (χ2n) is 5.05. The molecule has 0 aliphatic carbocycles. The summed E-state index contributed by atoms with van der Waals surface area (Å²) in [5.74, 6) is 0.237. The minimum atomic E-state index is -0.375. The van der Waals surface area contributed by atoms with Crippen LogP contribution in [-0.2, 0) is 6.73 Å². The molecule has 1 N–H and O–H groups in total. The van der Waals surface area contributed by atoms with Gasteiger partial charge in [0.15, 0.2) is 6.73 Å². The Morgan fingerprint density at radius 3 is 2.72 bits per heavy atom. The maximum Gasteiger partial charge on any atom is 0.274 e. The third-order valence-electron chi connectivity index (χ3n) is 3.41. The molecule has 0 bridgehead atoms. The number of nitrogens with one attached hydrogen (secondary N) is 1. The molecule has 1 heterocycles. The lowest BCUT2D eigenvalue weighted by atomic mass is 10.2. The predicted molar refractivity (Wildman–Crippen MR) is 93.4 cm³/mol. The average molecular weight is 353 g/mol. The number of ether oxygens (including phenoxy) is 1. The Balaban J connectivity index is 1.71. The van der Waals surface area contributed by atoms with E-state index in [0.717, 1.165) is 0 Å². The summed E-state index contributed by atoms with van der Waals surface area (Å²) >= 11 is 5.83. The Kier molecular flexibility index (Phi) is 4.97. The number of amides is 1. The van der Waals surface area contributed by atoms with Gasteiger partial charge in [-0.15, -0.1) is 0 Å². The molecule has 124 valence electrons. The van der Waals surface area contributed by atoms with E-state index in [1.54, 1.807) is 54.6 Å². The lowest BCUT2D eigenvalue weighted by molar-refractivity contribution is 0.100. The first-order valence-corrected chi connectivity index (χ1v) is 7.76. The monoisotopic (exact) mass is 352 g/mol. The highest BCUT2D eigenvalue weighted by Gasteiger charge is 2.14. The van der Waals surface area contributed by atoms with Crippen LogP contribution in [0, 0.1) is 11.3 Å². The molecule has 0 saturated heterocycles. The fourth-order valence-electron chi connectivity index (χ4n) is 2.17. The van der Waals surface area contributed by atoms with Gasteiger partial charge in [0.1, 0.15) is 17.5 Å². The van der Waals surface area contributed by atoms with Gasteiger partial charge in [0.05, 0.1) is 11.3 Å². The van der Waals surface area contributed by atoms with Crippen LogP contribution >= 0.6 is 11.6 Å². The Labute approximate surface area is 149 Å². The van der Waals surface area contributed by atoms with Crippen LogP contribution < -0.4 is 10.1 Å². The Bertz CT molecular complexity index is 929. The van der Waals surface area contributed by atoms with Gasteiger partial charge in [-0.2, -0.15) is 10.4 Å². The van der Waals surface area contributed by atoms with Crippen molar-refractivity contribution in [3.63, 3.8) is 0 Å². The van der Waals surface area contributed by atoms with Crippen molar-refractivity contribution in [1.82, 2.24) is 9.78 Å². The van der Waals surface area contributed by atoms with Gasteiger partial charge < -0.3 is 10.1 Å². The number of carbonyl (C=O) groups is 1. The van der Waals surface area contributed by atoms with Gasteiger partial charge >= 0.3 is 0 Å². The number of anilines is 1. The molecule has 3 aromatic rings. The van der Waals surface area contributed by atoms with Gasteiger partial charge in [-0.3, -0.25) is 4.79 Å². The van der Waals surface area contributed by atoms with Crippen molar-refractivity contribution in [3.8, 4) is 11.8 Å². The lowest BCUT2D eigenvalue weighted by Crippen LogP contribution is -2.20. The topological polar surface area (TPSA) is 79.9 Å². The summed E-state index contributed by atoms with van der Waals surface area (Å²) in [5.41, 5.74) is 1.16. The predicted octanol–water partition coefficient (Wildman–Crippen LogP) is 3.70. The summed E-state index contributed by atoms with van der Waals surface area (Å²) in [5, 5.41) is 16.5. The van der Waals surface area contributed by atoms with Crippen molar-refractivity contribution in [2.75, 3.05) is 5.32 Å². The number of rotatable bonds is 5. The molecular formula is C18H13ClN4O2. The molecule has 1 amide bonds. The molecule has 2 aromatic carbocycles. The minimum absolute atomic E-state index is 0.0667. The van der Waals surface area contributed by atoms with Crippen LogP contribution in [-0.4, -0.2) is 15.7 Å². The third kappa shape index (κ3) is 3.97. The van der Waals surface area contributed by atoms with Crippen LogP contribution in [0.3, 0.4) is 0 Å². The number of nitriles is 1. The van der Waals surface area contributed by atoms with Crippen molar-refractivity contribution < 1.29 is 9.53 Å². The number of halogens is 1. The van der Waals surface area contributed by atoms with Gasteiger partial charge in [-0.1, -0.05) is 23.7 Å². The molecule has 0 spiro atoms. The summed E-state index contributed by atoms with van der Waals surface area (Å²) in [6, 6.07) is 17.3. The Hall–Kier alpha value is -3.30. The molecule has 7 heteroatoms. The first kappa shape index (κ1) is 16.6. The van der Waals surface area contributed by atoms with Gasteiger partial charge in [0.25, 0.3) is 5.91 Å². The molecule has 0 aliphatic heterocycles. The van der Waals surface area contributed by atoms with E-state index in [1.807, 2.05) is 6.07 Å². The lowest BCUT2D eigenvalue weighted by Gasteiger charge is -2.10. The van der Waals surface area contributed by atoms with Crippen LogP contribution in [0.15, 0.2) is 60.8 Å². The summed E-state index contributed by atoms with van der Waals surface area (Å²) in [6.45, 7) is 0.0667. The summed E-state index contributed by atoms with van der Waals surface area (Å²) in [6.07, 6.45) is 1.51. The molecule has 25 heavy (non-hydrogen) atoms. The number of para-hydroxylation sites is 1. The average Bonchev–Trinajstić information content (AvgIpc) is 3.10. The number of carbonyl (C=O) groups excluding carboxylic acids is 1. The maximum absolute atomic E-state index is 12.5. The smallest absolute Gasteiger partial charge is 0.274 e. The number of aromatic nitrogens is 2. The second-order valence-corrected chi connectivity index (χ2v) is 5.49. The fourth-order valence-corrected chi connectivity index (χ4v) is 2.30. The molecule has 0 saturated carbocycles. The largest absolute Gasteiger partial charge is 0.471 e. The second kappa shape index (κ2) is 7.51. The van der Waals surface area contributed by atoms with E-state index < -0.39 is 0 Å². The number of benzene rings is 2. The van der Waals surface area contributed by atoms with E-state index in [2.05, 4.69) is 10.4 Å². The van der Waals surface area contributed by atoms with Crippen molar-refractivity contribution >= 4 is 23.2 Å². The van der Waals surface area contributed by atoms with E-state index in [9.17, 15) is 4.79 Å². The maximum atomic E-state index is 12.5. The third-order valence-corrected chi connectivity index (χ3v) is 3.66. The van der Waals surface area contributed by atoms with E-state index >= 15 is 0 Å². The summed E-state index contributed by atoms with van der Waals surface area (Å²) < 4.78 is 7.03. The zero-order valence-electron chi connectivity index (χ0n) is 13.0. The standard InChI is InChI=1S/C18H13ClN4O2/c19-14-5-7-15(8-6-14)25-12-23-17(9-10-21-23)18(24)22-16-4-2-1-3-13(16)11-20/h1-10H,12H2,(H,22,24). The normalized spacial score (nSPS) is 10.1. The highest BCUT2D eigenvalue weighted by molar-refractivity contribution is 6.30. The molecule has 3 rings (SSSR count). The van der Waals surface area contributed by atoms with Gasteiger partial charge in [-0.25, -0.2) is 4.68 Å². The van der Waals surface area contributed by atoms with Crippen LogP contribution in [0.4, 0.5) is 5.69 Å². The van der Waals surface area contributed by atoms with Crippen molar-refractivity contribution in [2.24, 2.45) is 0 Å². The van der Waals surface area contributed by atoms with Gasteiger partial charge in [0.2, 0.25) is 0 Å². The van der Waals surface area contributed by atoms with E-state index in [4.69, 9.17) is 21.6 Å². The highest BCUT2D eigenvalue weighted by atomic mass is 35.5. The number of hydrogen-bond donors (Lipinski definition) is 1. The fraction of sp³-hybridized carbons (Fsp3) is 0.0556.